The molecule has 4 aromatic rings. The number of carbonyl (C=O) groups is 1. The smallest absolute Gasteiger partial charge is 0.256 e. The fourth-order valence-electron chi connectivity index (χ4n) is 4.13. The van der Waals surface area contributed by atoms with Crippen molar-refractivity contribution in [2.24, 2.45) is 0 Å². The molecule has 3 heterocycles. The van der Waals surface area contributed by atoms with Crippen molar-refractivity contribution in [3.05, 3.63) is 78.8 Å². The second kappa shape index (κ2) is 8.18. The maximum Gasteiger partial charge on any atom is 0.256 e. The number of rotatable bonds is 4. The molecule has 0 radical (unpaired) electrons. The summed E-state index contributed by atoms with van der Waals surface area (Å²) in [5.74, 6) is 0.770. The maximum absolute atomic E-state index is 13.5. The molecule has 0 spiro atoms. The topological polar surface area (TPSA) is 73.1 Å². The van der Waals surface area contributed by atoms with Crippen molar-refractivity contribution in [1.82, 2.24) is 24.9 Å². The van der Waals surface area contributed by atoms with E-state index in [0.717, 1.165) is 29.5 Å². The first-order chi connectivity index (χ1) is 15.2. The second-order valence-electron chi connectivity index (χ2n) is 7.79. The lowest BCUT2D eigenvalue weighted by atomic mass is 9.99. The van der Waals surface area contributed by atoms with Crippen LogP contribution in [0.25, 0.3) is 16.6 Å². The number of aromatic nitrogens is 4. The highest BCUT2D eigenvalue weighted by molar-refractivity contribution is 5.98. The van der Waals surface area contributed by atoms with Crippen LogP contribution in [0.15, 0.2) is 73.2 Å². The van der Waals surface area contributed by atoms with E-state index >= 15 is 0 Å². The average Bonchev–Trinajstić information content (AvgIpc) is 3.35. The molecule has 31 heavy (non-hydrogen) atoms. The van der Waals surface area contributed by atoms with Gasteiger partial charge in [0, 0.05) is 17.6 Å². The van der Waals surface area contributed by atoms with Crippen molar-refractivity contribution in [3.63, 3.8) is 0 Å². The number of ether oxygens (including phenoxy) is 1. The van der Waals surface area contributed by atoms with Crippen LogP contribution in [0.5, 0.6) is 5.75 Å². The van der Waals surface area contributed by atoms with Crippen LogP contribution >= 0.6 is 0 Å². The van der Waals surface area contributed by atoms with Crippen molar-refractivity contribution in [2.45, 2.75) is 31.9 Å². The summed E-state index contributed by atoms with van der Waals surface area (Å²) in [6.45, 7) is 2.61. The van der Waals surface area contributed by atoms with E-state index in [4.69, 9.17) is 4.74 Å². The lowest BCUT2D eigenvalue weighted by molar-refractivity contribution is 0.0388. The molecule has 0 bridgehead atoms. The van der Waals surface area contributed by atoms with Crippen molar-refractivity contribution < 1.29 is 9.53 Å². The zero-order valence-electron chi connectivity index (χ0n) is 17.3. The van der Waals surface area contributed by atoms with Crippen LogP contribution in [-0.2, 0) is 0 Å². The summed E-state index contributed by atoms with van der Waals surface area (Å²) in [6.07, 6.45) is 6.68. The molecule has 0 N–H and O–H groups in total. The van der Waals surface area contributed by atoms with Gasteiger partial charge < -0.3 is 9.64 Å². The number of fused-ring (bicyclic) bond motifs is 1. The Labute approximate surface area is 180 Å². The van der Waals surface area contributed by atoms with Crippen LogP contribution in [0, 0.1) is 0 Å². The minimum absolute atomic E-state index is 0.0340. The number of hydrogen-bond donors (Lipinski definition) is 0. The van der Waals surface area contributed by atoms with Gasteiger partial charge in [-0.15, -0.1) is 0 Å². The van der Waals surface area contributed by atoms with Crippen LogP contribution in [0.2, 0.25) is 0 Å². The number of nitrogens with zero attached hydrogens (tertiary/aromatic N) is 5. The van der Waals surface area contributed by atoms with Gasteiger partial charge in [0.1, 0.15) is 11.9 Å². The van der Waals surface area contributed by atoms with Gasteiger partial charge in [0.15, 0.2) is 0 Å². The fraction of sp³-hybridized carbons (Fsp3) is 0.250. The minimum atomic E-state index is -0.0825. The summed E-state index contributed by atoms with van der Waals surface area (Å²) in [5, 5.41) is 9.38. The van der Waals surface area contributed by atoms with Gasteiger partial charge in [-0.1, -0.05) is 18.2 Å². The Hall–Kier alpha value is -3.74. The monoisotopic (exact) mass is 413 g/mol. The summed E-state index contributed by atoms with van der Waals surface area (Å²) < 4.78 is 6.37. The summed E-state index contributed by atoms with van der Waals surface area (Å²) >= 11 is 0. The first-order valence-corrected chi connectivity index (χ1v) is 10.5. The Kier molecular flexibility index (Phi) is 5.08. The van der Waals surface area contributed by atoms with Crippen molar-refractivity contribution in [1.29, 1.82) is 0 Å². The third kappa shape index (κ3) is 3.74. The van der Waals surface area contributed by atoms with E-state index in [2.05, 4.69) is 22.1 Å². The highest BCUT2D eigenvalue weighted by Gasteiger charge is 2.32. The third-order valence-corrected chi connectivity index (χ3v) is 5.77. The van der Waals surface area contributed by atoms with Gasteiger partial charge in [0.25, 0.3) is 5.91 Å². The molecule has 1 aliphatic heterocycles. The third-order valence-electron chi connectivity index (χ3n) is 5.77. The van der Waals surface area contributed by atoms with Crippen molar-refractivity contribution >= 4 is 16.8 Å². The summed E-state index contributed by atoms with van der Waals surface area (Å²) in [7, 11) is 0. The molecule has 1 aliphatic rings. The fourth-order valence-corrected chi connectivity index (χ4v) is 4.13. The molecule has 2 aromatic heterocycles. The van der Waals surface area contributed by atoms with Gasteiger partial charge in [-0.25, -0.2) is 0 Å². The molecule has 7 nitrogen and oxygen atoms in total. The van der Waals surface area contributed by atoms with Crippen LogP contribution < -0.4 is 4.74 Å². The van der Waals surface area contributed by atoms with Crippen molar-refractivity contribution in [3.8, 4) is 11.4 Å². The number of piperidine rings is 1. The predicted molar refractivity (Wildman–Crippen MR) is 117 cm³/mol. The molecule has 7 heteroatoms. The first-order valence-electron chi connectivity index (χ1n) is 10.5. The van der Waals surface area contributed by atoms with Gasteiger partial charge in [0.2, 0.25) is 0 Å². The number of pyridine rings is 1. The lowest BCUT2D eigenvalue weighted by Crippen LogP contribution is -2.49. The Morgan fingerprint density at radius 3 is 2.68 bits per heavy atom. The molecular weight excluding hydrogens is 390 g/mol. The Bertz CT molecular complexity index is 1200. The molecule has 1 amide bonds. The molecule has 0 saturated carbocycles. The molecule has 5 rings (SSSR count). The predicted octanol–water partition coefficient (Wildman–Crippen LogP) is 3.89. The standard InChI is InChI=1S/C24H23N5O2/c1-17-11-12-18(31-23-10-4-8-21-19(23)7-5-13-25-21)16-28(17)24(30)20-6-2-3-9-22(20)29-26-14-15-27-29/h2-10,13-15,17-18H,11-12,16H2,1H3/t17-,18+/m0/s1. The Balaban J connectivity index is 1.40. The quantitative estimate of drug-likeness (QED) is 0.508. The SMILES string of the molecule is C[C@H]1CC[C@@H](Oc2cccc3ncccc23)CN1C(=O)c1ccccc1-n1nccn1. The highest BCUT2D eigenvalue weighted by atomic mass is 16.5. The second-order valence-corrected chi connectivity index (χ2v) is 7.79. The van der Waals surface area contributed by atoms with Gasteiger partial charge in [-0.2, -0.15) is 15.0 Å². The number of amides is 1. The molecule has 1 saturated heterocycles. The highest BCUT2D eigenvalue weighted by Crippen LogP contribution is 2.29. The van der Waals surface area contributed by atoms with Crippen molar-refractivity contribution in [2.75, 3.05) is 6.54 Å². The number of likely N-dealkylation sites (tertiary alicyclic amines) is 1. The van der Waals surface area contributed by atoms with E-state index in [-0.39, 0.29) is 18.1 Å². The van der Waals surface area contributed by atoms with Gasteiger partial charge in [-0.3, -0.25) is 9.78 Å². The number of hydrogen-bond acceptors (Lipinski definition) is 5. The van der Waals surface area contributed by atoms with E-state index in [1.807, 2.05) is 59.5 Å². The molecule has 0 aliphatic carbocycles. The van der Waals surface area contributed by atoms with E-state index in [0.29, 0.717) is 17.8 Å². The van der Waals surface area contributed by atoms with Crippen LogP contribution in [0.3, 0.4) is 0 Å². The van der Waals surface area contributed by atoms with Gasteiger partial charge in [0.05, 0.1) is 35.7 Å². The number of carbonyl (C=O) groups excluding carboxylic acids is 1. The van der Waals surface area contributed by atoms with Crippen LogP contribution in [-0.4, -0.2) is 49.5 Å². The van der Waals surface area contributed by atoms with Gasteiger partial charge in [-0.05, 0) is 56.2 Å². The van der Waals surface area contributed by atoms with E-state index in [1.165, 1.54) is 4.80 Å². The Morgan fingerprint density at radius 1 is 0.968 bits per heavy atom. The first kappa shape index (κ1) is 19.2. The summed E-state index contributed by atoms with van der Waals surface area (Å²) in [5.41, 5.74) is 2.16. The molecule has 2 aromatic carbocycles. The molecular formula is C24H23N5O2. The van der Waals surface area contributed by atoms with Crippen LogP contribution in [0.1, 0.15) is 30.1 Å². The van der Waals surface area contributed by atoms with E-state index < -0.39 is 0 Å². The molecule has 2 atom stereocenters. The minimum Gasteiger partial charge on any atom is -0.488 e. The summed E-state index contributed by atoms with van der Waals surface area (Å²) in [4.78, 5) is 21.3. The molecule has 0 unspecified atom stereocenters. The van der Waals surface area contributed by atoms with Gasteiger partial charge >= 0.3 is 0 Å². The zero-order valence-corrected chi connectivity index (χ0v) is 17.3. The number of benzene rings is 2. The van der Waals surface area contributed by atoms with Crippen LogP contribution in [0.4, 0.5) is 0 Å². The average molecular weight is 413 g/mol. The molecule has 156 valence electrons. The largest absolute Gasteiger partial charge is 0.488 e. The van der Waals surface area contributed by atoms with E-state index in [1.54, 1.807) is 18.6 Å². The normalized spacial score (nSPS) is 18.8. The lowest BCUT2D eigenvalue weighted by Gasteiger charge is -2.38. The maximum atomic E-state index is 13.5. The molecule has 1 fully saturated rings. The van der Waals surface area contributed by atoms with E-state index in [9.17, 15) is 4.79 Å². The zero-order chi connectivity index (χ0) is 21.2. The Morgan fingerprint density at radius 2 is 1.81 bits per heavy atom. The summed E-state index contributed by atoms with van der Waals surface area (Å²) in [6, 6.07) is 17.4. The number of para-hydroxylation sites is 1.